The fourth-order valence-corrected chi connectivity index (χ4v) is 2.56. The van der Waals surface area contributed by atoms with Crippen molar-refractivity contribution in [3.8, 4) is 11.5 Å². The number of para-hydroxylation sites is 2. The number of nitrogens with zero attached hydrogens (tertiary/aromatic N) is 2. The van der Waals surface area contributed by atoms with Crippen LogP contribution in [0, 0.1) is 0 Å². The minimum absolute atomic E-state index is 0.286. The zero-order chi connectivity index (χ0) is 15.1. The van der Waals surface area contributed by atoms with Crippen LogP contribution in [0.15, 0.2) is 24.3 Å². The molecular weight excluding hydrogens is 268 g/mol. The summed E-state index contributed by atoms with van der Waals surface area (Å²) in [6.45, 7) is 8.42. The molecular formula is C16H26N2O3. The Morgan fingerprint density at radius 2 is 1.71 bits per heavy atom. The monoisotopic (exact) mass is 294 g/mol. The van der Waals surface area contributed by atoms with Gasteiger partial charge in [0.05, 0.1) is 7.11 Å². The first kappa shape index (κ1) is 16.1. The molecule has 0 bridgehead atoms. The summed E-state index contributed by atoms with van der Waals surface area (Å²) >= 11 is 0. The standard InChI is InChI=1S/C16H26N2O3/c1-3-17-8-10-18(11-9-17)12-14(19)13-21-16-7-5-4-6-15(16)20-2/h4-7,14,19H,3,8-13H2,1-2H3/t14-/m1/s1. The van der Waals surface area contributed by atoms with Crippen LogP contribution < -0.4 is 9.47 Å². The predicted molar refractivity (Wildman–Crippen MR) is 83.0 cm³/mol. The highest BCUT2D eigenvalue weighted by molar-refractivity contribution is 5.39. The predicted octanol–water partition coefficient (Wildman–Crippen LogP) is 1.07. The van der Waals surface area contributed by atoms with Gasteiger partial charge in [-0.1, -0.05) is 19.1 Å². The van der Waals surface area contributed by atoms with E-state index in [1.165, 1.54) is 0 Å². The Morgan fingerprint density at radius 1 is 1.10 bits per heavy atom. The Labute approximate surface area is 127 Å². The first-order valence-corrected chi connectivity index (χ1v) is 7.61. The number of piperazine rings is 1. The quantitative estimate of drug-likeness (QED) is 0.815. The number of aliphatic hydroxyl groups excluding tert-OH is 1. The largest absolute Gasteiger partial charge is 0.493 e. The Kier molecular flexibility index (Phi) is 6.29. The Hall–Kier alpha value is -1.30. The summed E-state index contributed by atoms with van der Waals surface area (Å²) in [5, 5.41) is 10.1. The Balaban J connectivity index is 1.73. The average Bonchev–Trinajstić information content (AvgIpc) is 2.54. The molecule has 0 unspecified atom stereocenters. The number of hydrogen-bond donors (Lipinski definition) is 1. The van der Waals surface area contributed by atoms with E-state index in [1.807, 2.05) is 24.3 Å². The lowest BCUT2D eigenvalue weighted by atomic mass is 10.2. The van der Waals surface area contributed by atoms with Gasteiger partial charge in [-0.2, -0.15) is 0 Å². The molecule has 2 rings (SSSR count). The molecule has 1 saturated heterocycles. The van der Waals surface area contributed by atoms with Gasteiger partial charge in [0, 0.05) is 32.7 Å². The smallest absolute Gasteiger partial charge is 0.161 e. The van der Waals surface area contributed by atoms with Crippen LogP contribution in [-0.4, -0.2) is 74.0 Å². The molecule has 0 aromatic heterocycles. The van der Waals surface area contributed by atoms with Crippen LogP contribution in [0.1, 0.15) is 6.92 Å². The molecule has 1 N–H and O–H groups in total. The number of likely N-dealkylation sites (N-methyl/N-ethyl adjacent to an activating group) is 1. The summed E-state index contributed by atoms with van der Waals surface area (Å²) in [6.07, 6.45) is -0.483. The Bertz CT molecular complexity index is 420. The Morgan fingerprint density at radius 3 is 2.33 bits per heavy atom. The minimum atomic E-state index is -0.483. The summed E-state index contributed by atoms with van der Waals surface area (Å²) in [6, 6.07) is 7.50. The van der Waals surface area contributed by atoms with Gasteiger partial charge < -0.3 is 19.5 Å². The van der Waals surface area contributed by atoms with Crippen LogP contribution in [0.2, 0.25) is 0 Å². The van der Waals surface area contributed by atoms with Crippen LogP contribution >= 0.6 is 0 Å². The van der Waals surface area contributed by atoms with Crippen LogP contribution in [0.4, 0.5) is 0 Å². The fourth-order valence-electron chi connectivity index (χ4n) is 2.56. The van der Waals surface area contributed by atoms with Crippen LogP contribution in [0.25, 0.3) is 0 Å². The van der Waals surface area contributed by atoms with Crippen molar-refractivity contribution < 1.29 is 14.6 Å². The zero-order valence-corrected chi connectivity index (χ0v) is 13.0. The number of aliphatic hydroxyl groups is 1. The van der Waals surface area contributed by atoms with E-state index in [2.05, 4.69) is 16.7 Å². The molecule has 0 aliphatic carbocycles. The molecule has 5 heteroatoms. The lowest BCUT2D eigenvalue weighted by molar-refractivity contribution is 0.0464. The molecule has 0 radical (unpaired) electrons. The van der Waals surface area contributed by atoms with Gasteiger partial charge in [0.2, 0.25) is 0 Å². The molecule has 0 saturated carbocycles. The highest BCUT2D eigenvalue weighted by Crippen LogP contribution is 2.25. The minimum Gasteiger partial charge on any atom is -0.493 e. The molecule has 21 heavy (non-hydrogen) atoms. The number of rotatable bonds is 7. The maximum atomic E-state index is 10.1. The number of methoxy groups -OCH3 is 1. The third kappa shape index (κ3) is 4.88. The molecule has 1 heterocycles. The molecule has 1 aromatic carbocycles. The number of hydrogen-bond acceptors (Lipinski definition) is 5. The van der Waals surface area contributed by atoms with Gasteiger partial charge >= 0.3 is 0 Å². The molecule has 1 aliphatic rings. The number of ether oxygens (including phenoxy) is 2. The summed E-state index contributed by atoms with van der Waals surface area (Å²) < 4.78 is 10.9. The molecule has 1 aromatic rings. The zero-order valence-electron chi connectivity index (χ0n) is 13.0. The van der Waals surface area contributed by atoms with Gasteiger partial charge in [0.1, 0.15) is 12.7 Å². The first-order chi connectivity index (χ1) is 10.2. The molecule has 118 valence electrons. The van der Waals surface area contributed by atoms with Crippen LogP contribution in [0.5, 0.6) is 11.5 Å². The molecule has 0 spiro atoms. The van der Waals surface area contributed by atoms with Crippen molar-refractivity contribution >= 4 is 0 Å². The van der Waals surface area contributed by atoms with E-state index in [0.29, 0.717) is 18.0 Å². The summed E-state index contributed by atoms with van der Waals surface area (Å²) in [5.41, 5.74) is 0. The highest BCUT2D eigenvalue weighted by atomic mass is 16.5. The summed E-state index contributed by atoms with van der Waals surface area (Å²) in [7, 11) is 1.62. The van der Waals surface area contributed by atoms with E-state index >= 15 is 0 Å². The first-order valence-electron chi connectivity index (χ1n) is 7.61. The third-order valence-corrected chi connectivity index (χ3v) is 3.88. The summed E-state index contributed by atoms with van der Waals surface area (Å²) in [5.74, 6) is 1.37. The molecule has 1 fully saturated rings. The van der Waals surface area contributed by atoms with Crippen molar-refractivity contribution in [3.05, 3.63) is 24.3 Å². The average molecular weight is 294 g/mol. The van der Waals surface area contributed by atoms with Gasteiger partial charge in [-0.15, -0.1) is 0 Å². The molecule has 1 aliphatic heterocycles. The SMILES string of the molecule is CCN1CCN(C[C@@H](O)COc2ccccc2OC)CC1. The molecule has 5 nitrogen and oxygen atoms in total. The van der Waals surface area contributed by atoms with Gasteiger partial charge in [-0.05, 0) is 18.7 Å². The third-order valence-electron chi connectivity index (χ3n) is 3.88. The second kappa shape index (κ2) is 8.22. The number of benzene rings is 1. The lowest BCUT2D eigenvalue weighted by Crippen LogP contribution is -2.49. The highest BCUT2D eigenvalue weighted by Gasteiger charge is 2.18. The van der Waals surface area contributed by atoms with Gasteiger partial charge in [-0.25, -0.2) is 0 Å². The summed E-state index contributed by atoms with van der Waals surface area (Å²) in [4.78, 5) is 4.72. The topological polar surface area (TPSA) is 45.2 Å². The second-order valence-corrected chi connectivity index (χ2v) is 5.35. The lowest BCUT2D eigenvalue weighted by Gasteiger charge is -2.34. The van der Waals surface area contributed by atoms with Gasteiger partial charge in [0.25, 0.3) is 0 Å². The van der Waals surface area contributed by atoms with E-state index in [4.69, 9.17) is 9.47 Å². The van der Waals surface area contributed by atoms with E-state index < -0.39 is 6.10 Å². The van der Waals surface area contributed by atoms with Crippen molar-refractivity contribution in [3.63, 3.8) is 0 Å². The molecule has 0 amide bonds. The molecule has 1 atom stereocenters. The maximum absolute atomic E-state index is 10.1. The van der Waals surface area contributed by atoms with Gasteiger partial charge in [-0.3, -0.25) is 4.90 Å². The van der Waals surface area contributed by atoms with Crippen LogP contribution in [-0.2, 0) is 0 Å². The van der Waals surface area contributed by atoms with Crippen molar-refractivity contribution in [2.45, 2.75) is 13.0 Å². The van der Waals surface area contributed by atoms with E-state index in [-0.39, 0.29) is 6.61 Å². The van der Waals surface area contributed by atoms with Crippen molar-refractivity contribution in [2.75, 3.05) is 53.0 Å². The van der Waals surface area contributed by atoms with Crippen molar-refractivity contribution in [1.29, 1.82) is 0 Å². The van der Waals surface area contributed by atoms with E-state index in [1.54, 1.807) is 7.11 Å². The van der Waals surface area contributed by atoms with Crippen LogP contribution in [0.3, 0.4) is 0 Å². The van der Waals surface area contributed by atoms with E-state index in [9.17, 15) is 5.11 Å². The second-order valence-electron chi connectivity index (χ2n) is 5.35. The fraction of sp³-hybridized carbons (Fsp3) is 0.625. The number of β-amino-alcohol motifs (C(OH)–C–C–N with tert-alkyl or cyclic N) is 1. The van der Waals surface area contributed by atoms with E-state index in [0.717, 1.165) is 32.7 Å². The van der Waals surface area contributed by atoms with Gasteiger partial charge in [0.15, 0.2) is 11.5 Å². The van der Waals surface area contributed by atoms with Crippen molar-refractivity contribution in [1.82, 2.24) is 9.80 Å². The van der Waals surface area contributed by atoms with Crippen molar-refractivity contribution in [2.24, 2.45) is 0 Å². The maximum Gasteiger partial charge on any atom is 0.161 e. The normalized spacial score (nSPS) is 18.4.